The minimum atomic E-state index is -0.846. The van der Waals surface area contributed by atoms with Crippen LogP contribution in [0.15, 0.2) is 53.0 Å². The van der Waals surface area contributed by atoms with Crippen molar-refractivity contribution in [1.82, 2.24) is 9.88 Å². The molecule has 150 valence electrons. The second-order valence-electron chi connectivity index (χ2n) is 8.62. The highest BCUT2D eigenvalue weighted by Gasteiger charge is 2.57. The lowest BCUT2D eigenvalue weighted by Crippen LogP contribution is -2.66. The van der Waals surface area contributed by atoms with Crippen molar-refractivity contribution in [2.75, 3.05) is 27.2 Å². The normalized spacial score (nSPS) is 26.8. The number of hydrogen-bond acceptors (Lipinski definition) is 4. The van der Waals surface area contributed by atoms with Gasteiger partial charge in [0.25, 0.3) is 0 Å². The molecule has 2 atom stereocenters. The number of halogens is 1. The molecule has 0 spiro atoms. The molecule has 0 bridgehead atoms. The van der Waals surface area contributed by atoms with Crippen molar-refractivity contribution in [3.05, 3.63) is 69.8 Å². The van der Waals surface area contributed by atoms with Gasteiger partial charge in [0.1, 0.15) is 5.75 Å². The molecule has 2 heterocycles. The summed E-state index contributed by atoms with van der Waals surface area (Å²) in [6, 6.07) is 16.6. The number of nitrogens with zero attached hydrogens (tertiary/aromatic N) is 2. The summed E-state index contributed by atoms with van der Waals surface area (Å²) in [7, 11) is 3.79. The minimum Gasteiger partial charge on any atom is -0.497 e. The third-order valence-electron chi connectivity index (χ3n) is 6.86. The molecule has 2 aromatic carbocycles. The van der Waals surface area contributed by atoms with Crippen molar-refractivity contribution in [3.63, 3.8) is 0 Å². The molecule has 0 saturated carbocycles. The van der Waals surface area contributed by atoms with E-state index in [0.29, 0.717) is 13.0 Å². The Labute approximate surface area is 179 Å². The molecule has 5 heteroatoms. The molecule has 1 aromatic heterocycles. The number of piperidine rings is 1. The fourth-order valence-electron chi connectivity index (χ4n) is 5.34. The highest BCUT2D eigenvalue weighted by atomic mass is 79.9. The highest BCUT2D eigenvalue weighted by Crippen LogP contribution is 2.50. The van der Waals surface area contributed by atoms with Crippen LogP contribution in [0.3, 0.4) is 0 Å². The second kappa shape index (κ2) is 6.79. The van der Waals surface area contributed by atoms with E-state index in [1.54, 1.807) is 7.11 Å². The van der Waals surface area contributed by atoms with Crippen molar-refractivity contribution < 1.29 is 9.84 Å². The largest absolute Gasteiger partial charge is 0.497 e. The van der Waals surface area contributed by atoms with Gasteiger partial charge in [-0.25, -0.2) is 0 Å². The lowest BCUT2D eigenvalue weighted by molar-refractivity contribution is -0.0976. The summed E-state index contributed by atoms with van der Waals surface area (Å²) < 4.78 is 6.55. The molecule has 1 saturated heterocycles. The molecule has 29 heavy (non-hydrogen) atoms. The fourth-order valence-corrected chi connectivity index (χ4v) is 5.72. The lowest BCUT2D eigenvalue weighted by Gasteiger charge is -2.56. The zero-order valence-corrected chi connectivity index (χ0v) is 18.4. The van der Waals surface area contributed by atoms with Crippen molar-refractivity contribution >= 4 is 26.8 Å². The number of pyridine rings is 1. The number of ether oxygens (including phenoxy) is 1. The van der Waals surface area contributed by atoms with Gasteiger partial charge in [-0.3, -0.25) is 4.98 Å². The average molecular weight is 453 g/mol. The third kappa shape index (κ3) is 2.98. The molecule has 1 N–H and O–H groups in total. The summed E-state index contributed by atoms with van der Waals surface area (Å²) in [6.07, 6.45) is 2.25. The van der Waals surface area contributed by atoms with Crippen LogP contribution in [0.4, 0.5) is 0 Å². The Morgan fingerprint density at radius 2 is 2.00 bits per heavy atom. The zero-order valence-electron chi connectivity index (χ0n) is 16.8. The van der Waals surface area contributed by atoms with Crippen LogP contribution in [0, 0.1) is 0 Å². The molecule has 0 radical (unpaired) electrons. The molecule has 4 nitrogen and oxygen atoms in total. The van der Waals surface area contributed by atoms with Gasteiger partial charge in [-0.2, -0.15) is 0 Å². The number of aromatic nitrogens is 1. The zero-order chi connectivity index (χ0) is 20.2. The van der Waals surface area contributed by atoms with Gasteiger partial charge in [-0.1, -0.05) is 28.1 Å². The topological polar surface area (TPSA) is 45.6 Å². The van der Waals surface area contributed by atoms with E-state index in [4.69, 9.17) is 9.72 Å². The molecule has 1 fully saturated rings. The SMILES string of the molecule is COc1cccc([C@@]23CCN(C)C[C@@]2(O)Cc2cc4cc(Br)ccc4nc2C3)c1. The van der Waals surface area contributed by atoms with Crippen molar-refractivity contribution in [1.29, 1.82) is 0 Å². The van der Waals surface area contributed by atoms with Crippen LogP contribution in [0.2, 0.25) is 0 Å². The Bertz CT molecular complexity index is 1100. The van der Waals surface area contributed by atoms with E-state index >= 15 is 0 Å². The molecular weight excluding hydrogens is 428 g/mol. The second-order valence-corrected chi connectivity index (χ2v) is 9.53. The first-order chi connectivity index (χ1) is 13.9. The Morgan fingerprint density at radius 3 is 2.83 bits per heavy atom. The van der Waals surface area contributed by atoms with E-state index in [2.05, 4.69) is 58.2 Å². The van der Waals surface area contributed by atoms with Crippen LogP contribution in [-0.4, -0.2) is 47.8 Å². The number of aliphatic hydroxyl groups is 1. The van der Waals surface area contributed by atoms with Gasteiger partial charge in [0.2, 0.25) is 0 Å². The molecular formula is C24H25BrN2O2. The molecule has 0 amide bonds. The molecule has 0 unspecified atom stereocenters. The van der Waals surface area contributed by atoms with Crippen LogP contribution in [0.25, 0.3) is 10.9 Å². The fraction of sp³-hybridized carbons (Fsp3) is 0.375. The quantitative estimate of drug-likeness (QED) is 0.635. The average Bonchev–Trinajstić information content (AvgIpc) is 2.70. The number of rotatable bonds is 2. The Kier molecular flexibility index (Phi) is 4.46. The van der Waals surface area contributed by atoms with E-state index in [0.717, 1.165) is 57.3 Å². The van der Waals surface area contributed by atoms with Gasteiger partial charge in [0, 0.05) is 40.4 Å². The minimum absolute atomic E-state index is 0.364. The van der Waals surface area contributed by atoms with Crippen LogP contribution >= 0.6 is 15.9 Å². The summed E-state index contributed by atoms with van der Waals surface area (Å²) in [5.41, 5.74) is 3.21. The number of methoxy groups -OCH3 is 1. The smallest absolute Gasteiger partial charge is 0.119 e. The molecule has 3 aromatic rings. The predicted molar refractivity (Wildman–Crippen MR) is 119 cm³/mol. The maximum absolute atomic E-state index is 12.1. The van der Waals surface area contributed by atoms with Gasteiger partial charge in [-0.05, 0) is 67.5 Å². The van der Waals surface area contributed by atoms with E-state index in [9.17, 15) is 5.11 Å². The predicted octanol–water partition coefficient (Wildman–Crippen LogP) is 4.11. The lowest BCUT2D eigenvalue weighted by atomic mass is 9.56. The molecule has 2 aliphatic rings. The first kappa shape index (κ1) is 19.0. The van der Waals surface area contributed by atoms with Crippen molar-refractivity contribution in [2.24, 2.45) is 0 Å². The Balaban J connectivity index is 1.70. The summed E-state index contributed by atoms with van der Waals surface area (Å²) in [5.74, 6) is 0.834. The van der Waals surface area contributed by atoms with Gasteiger partial charge < -0.3 is 14.7 Å². The standard InChI is InChI=1S/C24H25BrN2O2/c1-27-9-8-23(18-4-3-5-20(12-18)29-2)14-22-17(13-24(23,28)15-27)10-16-11-19(25)6-7-21(16)26-22/h3-7,10-12,28H,8-9,13-15H2,1-2H3/t23-,24-/m0/s1. The summed E-state index contributed by atoms with van der Waals surface area (Å²) in [5, 5.41) is 13.2. The monoisotopic (exact) mass is 452 g/mol. The van der Waals surface area contributed by atoms with E-state index < -0.39 is 5.60 Å². The number of likely N-dealkylation sites (N-methyl/N-ethyl adjacent to an activating group) is 1. The number of fused-ring (bicyclic) bond motifs is 3. The molecule has 1 aliphatic carbocycles. The van der Waals surface area contributed by atoms with Crippen LogP contribution in [0.5, 0.6) is 5.75 Å². The van der Waals surface area contributed by atoms with Crippen LogP contribution < -0.4 is 4.74 Å². The molecule has 5 rings (SSSR count). The Morgan fingerprint density at radius 1 is 1.14 bits per heavy atom. The highest BCUT2D eigenvalue weighted by molar-refractivity contribution is 9.10. The van der Waals surface area contributed by atoms with E-state index in [-0.39, 0.29) is 5.41 Å². The van der Waals surface area contributed by atoms with Gasteiger partial charge in [0.05, 0.1) is 18.2 Å². The van der Waals surface area contributed by atoms with Crippen molar-refractivity contribution in [2.45, 2.75) is 30.3 Å². The number of benzene rings is 2. The molecule has 1 aliphatic heterocycles. The van der Waals surface area contributed by atoms with Crippen LogP contribution in [0.1, 0.15) is 23.2 Å². The van der Waals surface area contributed by atoms with E-state index in [1.165, 1.54) is 0 Å². The van der Waals surface area contributed by atoms with Gasteiger partial charge in [-0.15, -0.1) is 0 Å². The summed E-state index contributed by atoms with van der Waals surface area (Å²) in [4.78, 5) is 7.28. The van der Waals surface area contributed by atoms with Gasteiger partial charge >= 0.3 is 0 Å². The first-order valence-corrected chi connectivity index (χ1v) is 10.9. The van der Waals surface area contributed by atoms with E-state index in [1.807, 2.05) is 18.2 Å². The Hall–Kier alpha value is -1.95. The van der Waals surface area contributed by atoms with Gasteiger partial charge in [0.15, 0.2) is 0 Å². The maximum atomic E-state index is 12.1. The number of β-amino-alcohol motifs (C(OH)–C–C–N with tert-alkyl or cyclic N) is 1. The summed E-state index contributed by atoms with van der Waals surface area (Å²) >= 11 is 3.56. The first-order valence-electron chi connectivity index (χ1n) is 10.1. The van der Waals surface area contributed by atoms with Crippen molar-refractivity contribution in [3.8, 4) is 5.75 Å². The third-order valence-corrected chi connectivity index (χ3v) is 7.36. The number of hydrogen-bond donors (Lipinski definition) is 1. The summed E-state index contributed by atoms with van der Waals surface area (Å²) in [6.45, 7) is 1.61. The van der Waals surface area contributed by atoms with Crippen LogP contribution in [-0.2, 0) is 18.3 Å². The maximum Gasteiger partial charge on any atom is 0.119 e. The number of likely N-dealkylation sites (tertiary alicyclic amines) is 1.